The fourth-order valence-electron chi connectivity index (χ4n) is 4.36. The summed E-state index contributed by atoms with van der Waals surface area (Å²) in [4.78, 5) is 42.5. The predicted octanol–water partition coefficient (Wildman–Crippen LogP) is 9.14. The Bertz CT molecular complexity index is 963. The number of carbonyl (C=O) groups excluding carboxylic acids is 2. The summed E-state index contributed by atoms with van der Waals surface area (Å²) in [7, 11) is -4.77. The van der Waals surface area contributed by atoms with E-state index in [-0.39, 0.29) is 25.6 Å². The molecule has 10 heteroatoms. The molecule has 0 aliphatic heterocycles. The number of rotatable bonds is 31. The summed E-state index contributed by atoms with van der Waals surface area (Å²) in [5.74, 6) is -0.986. The van der Waals surface area contributed by atoms with E-state index in [9.17, 15) is 19.3 Å². The van der Waals surface area contributed by atoms with Crippen LogP contribution in [0.15, 0.2) is 60.8 Å². The van der Waals surface area contributed by atoms with Crippen LogP contribution in [0.3, 0.4) is 0 Å². The number of allylic oxidation sites excluding steroid dienone is 10. The molecule has 0 aliphatic carbocycles. The number of phosphoric ester groups is 1. The maximum atomic E-state index is 12.3. The lowest BCUT2D eigenvalue weighted by molar-refractivity contribution is -0.161. The molecule has 3 N–H and O–H groups in total. The number of aliphatic hydroxyl groups is 1. The fourth-order valence-corrected chi connectivity index (χ4v) is 4.72. The van der Waals surface area contributed by atoms with Gasteiger partial charge in [-0.3, -0.25) is 14.1 Å². The van der Waals surface area contributed by atoms with Crippen molar-refractivity contribution in [3.8, 4) is 0 Å². The van der Waals surface area contributed by atoms with Crippen LogP contribution < -0.4 is 0 Å². The summed E-state index contributed by atoms with van der Waals surface area (Å²) in [5.41, 5.74) is 0. The molecular formula is C37H63O9P. The molecule has 0 spiro atoms. The van der Waals surface area contributed by atoms with Gasteiger partial charge < -0.3 is 24.4 Å². The number of hydrogen-bond acceptors (Lipinski definition) is 7. The highest BCUT2D eigenvalue weighted by Crippen LogP contribution is 2.35. The Labute approximate surface area is 284 Å². The van der Waals surface area contributed by atoms with Crippen molar-refractivity contribution in [2.24, 2.45) is 0 Å². The van der Waals surface area contributed by atoms with Crippen molar-refractivity contribution in [3.05, 3.63) is 60.8 Å². The van der Waals surface area contributed by atoms with E-state index in [1.807, 2.05) is 19.1 Å². The molecular weight excluding hydrogens is 619 g/mol. The van der Waals surface area contributed by atoms with Crippen LogP contribution in [0.1, 0.15) is 136 Å². The highest BCUT2D eigenvalue weighted by molar-refractivity contribution is 7.46. The van der Waals surface area contributed by atoms with Crippen LogP contribution in [0.4, 0.5) is 0 Å². The van der Waals surface area contributed by atoms with Crippen LogP contribution in [0.5, 0.6) is 0 Å². The SMILES string of the molecule is CCCC/C=C\CCCCCCCC(=O)OC[C@H](COP(=O)(O)O)OC(=O)CCC/C=C\C/C=C\C/C=C\C/C=C\CCC[C@H](C)O. The van der Waals surface area contributed by atoms with Crippen molar-refractivity contribution >= 4 is 19.8 Å². The van der Waals surface area contributed by atoms with Gasteiger partial charge in [0, 0.05) is 12.8 Å². The second kappa shape index (κ2) is 32.3. The lowest BCUT2D eigenvalue weighted by Crippen LogP contribution is -2.29. The Morgan fingerprint density at radius 1 is 0.638 bits per heavy atom. The van der Waals surface area contributed by atoms with Crippen molar-refractivity contribution in [1.82, 2.24) is 0 Å². The lowest BCUT2D eigenvalue weighted by atomic mass is 10.1. The standard InChI is InChI=1S/C37H63O9P/c1-3-4-5-6-7-8-14-18-21-24-27-30-36(39)44-32-35(33-45-47(41,42)43)46-37(40)31-28-25-22-19-16-13-11-9-10-12-15-17-20-23-26-29-34(2)38/h6-7,10-13,17,19-20,22,34-35,38H,3-5,8-9,14-16,18,21,23-33H2,1-2H3,(H2,41,42,43)/b7-6-,12-10-,13-11-,20-17-,22-19-/t34-,35+/m0/s1. The Morgan fingerprint density at radius 2 is 1.13 bits per heavy atom. The van der Waals surface area contributed by atoms with E-state index < -0.39 is 32.5 Å². The molecule has 0 aromatic rings. The van der Waals surface area contributed by atoms with Gasteiger partial charge in [0.1, 0.15) is 6.61 Å². The van der Waals surface area contributed by atoms with Crippen LogP contribution >= 0.6 is 7.82 Å². The zero-order valence-corrected chi connectivity index (χ0v) is 29.9. The van der Waals surface area contributed by atoms with E-state index in [4.69, 9.17) is 19.3 Å². The van der Waals surface area contributed by atoms with Gasteiger partial charge in [-0.1, -0.05) is 99.8 Å². The molecule has 2 atom stereocenters. The van der Waals surface area contributed by atoms with Gasteiger partial charge in [0.15, 0.2) is 6.10 Å². The van der Waals surface area contributed by atoms with E-state index in [0.717, 1.165) is 77.0 Å². The van der Waals surface area contributed by atoms with Gasteiger partial charge in [-0.15, -0.1) is 0 Å². The highest BCUT2D eigenvalue weighted by atomic mass is 31.2. The largest absolute Gasteiger partial charge is 0.469 e. The molecule has 0 aromatic heterocycles. The molecule has 0 fully saturated rings. The number of esters is 2. The third-order valence-corrected chi connectivity index (χ3v) is 7.51. The third-order valence-electron chi connectivity index (χ3n) is 7.03. The summed E-state index contributed by atoms with van der Waals surface area (Å²) in [5, 5.41) is 9.23. The number of ether oxygens (including phenoxy) is 2. The molecule has 0 radical (unpaired) electrons. The van der Waals surface area contributed by atoms with E-state index in [1.165, 1.54) is 12.8 Å². The molecule has 9 nitrogen and oxygen atoms in total. The zero-order chi connectivity index (χ0) is 34.9. The highest BCUT2D eigenvalue weighted by Gasteiger charge is 2.22. The van der Waals surface area contributed by atoms with Crippen LogP contribution in [-0.2, 0) is 28.2 Å². The topological polar surface area (TPSA) is 140 Å². The monoisotopic (exact) mass is 682 g/mol. The fraction of sp³-hybridized carbons (Fsp3) is 0.676. The van der Waals surface area contributed by atoms with Gasteiger partial charge in [-0.05, 0) is 84.0 Å². The maximum absolute atomic E-state index is 12.3. The number of aliphatic hydroxyl groups excluding tert-OH is 1. The minimum absolute atomic E-state index is 0.120. The van der Waals surface area contributed by atoms with Gasteiger partial charge in [0.25, 0.3) is 0 Å². The zero-order valence-electron chi connectivity index (χ0n) is 29.0. The Kier molecular flexibility index (Phi) is 30.7. The molecule has 0 amide bonds. The van der Waals surface area contributed by atoms with Crippen LogP contribution in [0.2, 0.25) is 0 Å². The third kappa shape index (κ3) is 36.4. The molecule has 270 valence electrons. The number of hydrogen-bond donors (Lipinski definition) is 3. The van der Waals surface area contributed by atoms with Gasteiger partial charge >= 0.3 is 19.8 Å². The average molecular weight is 683 g/mol. The van der Waals surface area contributed by atoms with Gasteiger partial charge in [-0.2, -0.15) is 0 Å². The Morgan fingerprint density at radius 3 is 1.72 bits per heavy atom. The molecule has 0 saturated heterocycles. The minimum Gasteiger partial charge on any atom is -0.462 e. The number of phosphoric acid groups is 1. The van der Waals surface area contributed by atoms with Crippen molar-refractivity contribution < 1.29 is 43.0 Å². The molecule has 0 saturated carbocycles. The molecule has 47 heavy (non-hydrogen) atoms. The normalized spacial score (nSPS) is 13.9. The summed E-state index contributed by atoms with van der Waals surface area (Å²) in [6.45, 7) is 3.11. The van der Waals surface area contributed by atoms with E-state index in [0.29, 0.717) is 19.3 Å². The minimum atomic E-state index is -4.77. The first-order valence-corrected chi connectivity index (χ1v) is 19.1. The predicted molar refractivity (Wildman–Crippen MR) is 190 cm³/mol. The van der Waals surface area contributed by atoms with Crippen molar-refractivity contribution in [1.29, 1.82) is 0 Å². The summed E-state index contributed by atoms with van der Waals surface area (Å²) in [6.07, 6.45) is 36.5. The maximum Gasteiger partial charge on any atom is 0.469 e. The van der Waals surface area contributed by atoms with Gasteiger partial charge in [-0.25, -0.2) is 4.57 Å². The Balaban J connectivity index is 4.13. The second-order valence-electron chi connectivity index (χ2n) is 11.8. The van der Waals surface area contributed by atoms with Crippen LogP contribution in [0.25, 0.3) is 0 Å². The summed E-state index contributed by atoms with van der Waals surface area (Å²) < 4.78 is 26.1. The average Bonchev–Trinajstić information content (AvgIpc) is 3.02. The Hall–Kier alpha value is -2.29. The lowest BCUT2D eigenvalue weighted by Gasteiger charge is -2.18. The molecule has 0 aromatic carbocycles. The van der Waals surface area contributed by atoms with Crippen molar-refractivity contribution in [2.45, 2.75) is 148 Å². The molecule has 0 unspecified atom stereocenters. The smallest absolute Gasteiger partial charge is 0.462 e. The van der Waals surface area contributed by atoms with Crippen LogP contribution in [-0.4, -0.2) is 52.3 Å². The van der Waals surface area contributed by atoms with Gasteiger partial charge in [0.05, 0.1) is 12.7 Å². The van der Waals surface area contributed by atoms with Crippen molar-refractivity contribution in [2.75, 3.05) is 13.2 Å². The first kappa shape index (κ1) is 44.7. The molecule has 0 rings (SSSR count). The van der Waals surface area contributed by atoms with E-state index in [1.54, 1.807) is 0 Å². The summed E-state index contributed by atoms with van der Waals surface area (Å²) in [6, 6.07) is 0. The molecule has 0 bridgehead atoms. The molecule has 0 aliphatic rings. The van der Waals surface area contributed by atoms with E-state index in [2.05, 4.69) is 60.1 Å². The quantitative estimate of drug-likeness (QED) is 0.0283. The number of carbonyl (C=O) groups is 2. The van der Waals surface area contributed by atoms with Gasteiger partial charge in [0.2, 0.25) is 0 Å². The molecule has 0 heterocycles. The summed E-state index contributed by atoms with van der Waals surface area (Å²) >= 11 is 0. The van der Waals surface area contributed by atoms with Crippen molar-refractivity contribution in [3.63, 3.8) is 0 Å². The first-order valence-electron chi connectivity index (χ1n) is 17.6. The van der Waals surface area contributed by atoms with Crippen LogP contribution in [0, 0.1) is 0 Å². The second-order valence-corrected chi connectivity index (χ2v) is 13.0. The van der Waals surface area contributed by atoms with E-state index >= 15 is 0 Å². The number of unbranched alkanes of at least 4 members (excludes halogenated alkanes) is 9. The first-order chi connectivity index (χ1) is 22.6.